The predicted octanol–water partition coefficient (Wildman–Crippen LogP) is 2.30. The molecule has 82 valence electrons. The van der Waals surface area contributed by atoms with E-state index >= 15 is 0 Å². The number of methoxy groups -OCH3 is 1. The molecular formula is C11H9NO4. The Hall–Kier alpha value is -2.30. The Kier molecular flexibility index (Phi) is 2.59. The van der Waals surface area contributed by atoms with Gasteiger partial charge in [0.15, 0.2) is 5.75 Å². The fourth-order valence-corrected chi connectivity index (χ4v) is 1.38. The van der Waals surface area contributed by atoms with Crippen molar-refractivity contribution in [3.05, 3.63) is 30.3 Å². The molecular weight excluding hydrogens is 210 g/mol. The number of para-hydroxylation sites is 1. The maximum atomic E-state index is 10.5. The van der Waals surface area contributed by atoms with Gasteiger partial charge in [-0.15, -0.1) is 0 Å². The average molecular weight is 219 g/mol. The largest absolute Gasteiger partial charge is 0.512 e. The van der Waals surface area contributed by atoms with Crippen LogP contribution in [0.25, 0.3) is 10.9 Å². The first-order valence-electron chi connectivity index (χ1n) is 4.55. The van der Waals surface area contributed by atoms with E-state index in [1.807, 2.05) is 18.2 Å². The van der Waals surface area contributed by atoms with Gasteiger partial charge in [0.1, 0.15) is 0 Å². The van der Waals surface area contributed by atoms with Crippen LogP contribution in [0.4, 0.5) is 4.79 Å². The average Bonchev–Trinajstić information content (AvgIpc) is 2.27. The van der Waals surface area contributed by atoms with Crippen LogP contribution in [0.1, 0.15) is 0 Å². The van der Waals surface area contributed by atoms with E-state index in [1.165, 1.54) is 7.11 Å². The number of carboxylic acid groups (broad SMARTS) is 1. The number of aromatic nitrogens is 1. The second-order valence-electron chi connectivity index (χ2n) is 3.06. The van der Waals surface area contributed by atoms with Gasteiger partial charge in [0.2, 0.25) is 0 Å². The molecule has 0 amide bonds. The number of pyridine rings is 1. The summed E-state index contributed by atoms with van der Waals surface area (Å²) in [6.07, 6.45) is -1.42. The molecule has 5 nitrogen and oxygen atoms in total. The van der Waals surface area contributed by atoms with Crippen LogP contribution in [-0.2, 0) is 0 Å². The zero-order valence-electron chi connectivity index (χ0n) is 8.51. The molecule has 0 radical (unpaired) electrons. The van der Waals surface area contributed by atoms with E-state index in [-0.39, 0.29) is 5.88 Å². The lowest BCUT2D eigenvalue weighted by molar-refractivity contribution is 0.141. The van der Waals surface area contributed by atoms with E-state index in [4.69, 9.17) is 9.84 Å². The van der Waals surface area contributed by atoms with Crippen molar-refractivity contribution in [3.8, 4) is 11.6 Å². The van der Waals surface area contributed by atoms with Gasteiger partial charge in [-0.1, -0.05) is 18.2 Å². The molecule has 0 bridgehead atoms. The van der Waals surface area contributed by atoms with Crippen molar-refractivity contribution in [1.29, 1.82) is 0 Å². The van der Waals surface area contributed by atoms with Crippen molar-refractivity contribution in [2.24, 2.45) is 0 Å². The quantitative estimate of drug-likeness (QED) is 0.785. The Morgan fingerprint density at radius 2 is 2.12 bits per heavy atom. The van der Waals surface area contributed by atoms with Crippen molar-refractivity contribution in [1.82, 2.24) is 4.98 Å². The van der Waals surface area contributed by atoms with Gasteiger partial charge >= 0.3 is 6.16 Å². The van der Waals surface area contributed by atoms with Crippen molar-refractivity contribution in [3.63, 3.8) is 0 Å². The molecule has 1 N–H and O–H groups in total. The summed E-state index contributed by atoms with van der Waals surface area (Å²) in [5.41, 5.74) is 0.652. The van der Waals surface area contributed by atoms with Gasteiger partial charge in [-0.25, -0.2) is 9.78 Å². The molecule has 5 heteroatoms. The summed E-state index contributed by atoms with van der Waals surface area (Å²) in [4.78, 5) is 14.5. The van der Waals surface area contributed by atoms with E-state index in [0.717, 1.165) is 5.39 Å². The van der Waals surface area contributed by atoms with Crippen molar-refractivity contribution in [2.45, 2.75) is 0 Å². The molecule has 2 aromatic rings. The minimum Gasteiger partial charge on any atom is -0.491 e. The number of hydrogen-bond donors (Lipinski definition) is 1. The summed E-state index contributed by atoms with van der Waals surface area (Å²) in [5, 5.41) is 9.40. The lowest BCUT2D eigenvalue weighted by Crippen LogP contribution is -2.06. The maximum absolute atomic E-state index is 10.5. The van der Waals surface area contributed by atoms with Crippen LogP contribution < -0.4 is 9.47 Å². The number of fused-ring (bicyclic) bond motifs is 1. The Morgan fingerprint density at radius 3 is 2.81 bits per heavy atom. The van der Waals surface area contributed by atoms with Gasteiger partial charge < -0.3 is 14.6 Å². The first-order valence-corrected chi connectivity index (χ1v) is 4.55. The van der Waals surface area contributed by atoms with Gasteiger partial charge in [-0.05, 0) is 12.1 Å². The monoisotopic (exact) mass is 219 g/mol. The summed E-state index contributed by atoms with van der Waals surface area (Å²) >= 11 is 0. The summed E-state index contributed by atoms with van der Waals surface area (Å²) in [6.45, 7) is 0. The van der Waals surface area contributed by atoms with Crippen LogP contribution in [0.2, 0.25) is 0 Å². The van der Waals surface area contributed by atoms with Crippen LogP contribution in [0, 0.1) is 0 Å². The molecule has 1 aromatic carbocycles. The summed E-state index contributed by atoms with van der Waals surface area (Å²) in [5.74, 6) is 0.245. The van der Waals surface area contributed by atoms with Gasteiger partial charge in [0, 0.05) is 5.39 Å². The van der Waals surface area contributed by atoms with Gasteiger partial charge in [0.05, 0.1) is 12.6 Å². The highest BCUT2D eigenvalue weighted by Crippen LogP contribution is 2.28. The van der Waals surface area contributed by atoms with Crippen LogP contribution in [0.15, 0.2) is 30.3 Å². The van der Waals surface area contributed by atoms with Gasteiger partial charge in [-0.2, -0.15) is 0 Å². The van der Waals surface area contributed by atoms with Crippen LogP contribution >= 0.6 is 0 Å². The molecule has 0 unspecified atom stereocenters. The zero-order chi connectivity index (χ0) is 11.5. The van der Waals surface area contributed by atoms with Gasteiger partial charge in [-0.3, -0.25) is 0 Å². The van der Waals surface area contributed by atoms with Crippen LogP contribution in [0.5, 0.6) is 11.6 Å². The molecule has 1 aromatic heterocycles. The lowest BCUT2D eigenvalue weighted by Gasteiger charge is -2.07. The second kappa shape index (κ2) is 4.06. The Balaban J connectivity index is 2.58. The number of rotatable bonds is 2. The molecule has 0 atom stereocenters. The first kappa shape index (κ1) is 10.2. The molecule has 2 rings (SSSR count). The third kappa shape index (κ3) is 1.88. The summed E-state index contributed by atoms with van der Waals surface area (Å²) in [6, 6.07) is 8.98. The molecule has 0 aliphatic heterocycles. The lowest BCUT2D eigenvalue weighted by atomic mass is 10.2. The number of carbonyl (C=O) groups is 1. The van der Waals surface area contributed by atoms with Gasteiger partial charge in [0.25, 0.3) is 5.88 Å². The van der Waals surface area contributed by atoms with Crippen molar-refractivity contribution >= 4 is 17.1 Å². The highest BCUT2D eigenvalue weighted by molar-refractivity contribution is 5.81. The third-order valence-electron chi connectivity index (χ3n) is 2.06. The second-order valence-corrected chi connectivity index (χ2v) is 3.06. The minimum atomic E-state index is -1.42. The van der Waals surface area contributed by atoms with E-state index in [2.05, 4.69) is 9.72 Å². The molecule has 16 heavy (non-hydrogen) atoms. The van der Waals surface area contributed by atoms with Crippen LogP contribution in [0.3, 0.4) is 0 Å². The molecule has 0 saturated heterocycles. The number of nitrogens with zero attached hydrogens (tertiary/aromatic N) is 1. The molecule has 0 fully saturated rings. The van der Waals surface area contributed by atoms with Crippen molar-refractivity contribution in [2.75, 3.05) is 7.11 Å². The maximum Gasteiger partial charge on any atom is 0.512 e. The zero-order valence-corrected chi connectivity index (χ0v) is 8.51. The smallest absolute Gasteiger partial charge is 0.491 e. The predicted molar refractivity (Wildman–Crippen MR) is 56.9 cm³/mol. The molecule has 1 heterocycles. The number of benzene rings is 1. The van der Waals surface area contributed by atoms with E-state index in [1.54, 1.807) is 12.1 Å². The summed E-state index contributed by atoms with van der Waals surface area (Å²) < 4.78 is 9.53. The summed E-state index contributed by atoms with van der Waals surface area (Å²) in [7, 11) is 1.43. The molecule has 0 aliphatic rings. The number of hydrogen-bond acceptors (Lipinski definition) is 4. The Bertz CT molecular complexity index is 538. The highest BCUT2D eigenvalue weighted by atomic mass is 16.7. The van der Waals surface area contributed by atoms with E-state index in [0.29, 0.717) is 11.3 Å². The standard InChI is InChI=1S/C11H9NO4/c1-15-9-6-7-4-2-3-5-8(7)12-10(9)16-11(13)14/h2-6H,1H3,(H,13,14). The van der Waals surface area contributed by atoms with E-state index < -0.39 is 6.16 Å². The fraction of sp³-hybridized carbons (Fsp3) is 0.0909. The highest BCUT2D eigenvalue weighted by Gasteiger charge is 2.11. The molecule has 0 saturated carbocycles. The molecule has 0 spiro atoms. The Labute approximate surface area is 91.2 Å². The normalized spacial score (nSPS) is 10.1. The molecule has 0 aliphatic carbocycles. The van der Waals surface area contributed by atoms with Crippen molar-refractivity contribution < 1.29 is 19.4 Å². The number of ether oxygens (including phenoxy) is 2. The van der Waals surface area contributed by atoms with Crippen LogP contribution in [-0.4, -0.2) is 23.4 Å². The first-order chi connectivity index (χ1) is 7.70. The fourth-order valence-electron chi connectivity index (χ4n) is 1.38. The SMILES string of the molecule is COc1cc2ccccc2nc1OC(=O)O. The third-order valence-corrected chi connectivity index (χ3v) is 2.06. The topological polar surface area (TPSA) is 68.7 Å². The minimum absolute atomic E-state index is 0.0475. The van der Waals surface area contributed by atoms with E-state index in [9.17, 15) is 4.79 Å². The Morgan fingerprint density at radius 1 is 1.38 bits per heavy atom.